The number of benzene rings is 1. The second-order valence-corrected chi connectivity index (χ2v) is 9.34. The van der Waals surface area contributed by atoms with Gasteiger partial charge < -0.3 is 33.2 Å². The second kappa shape index (κ2) is 17.6. The fourth-order valence-electron chi connectivity index (χ4n) is 4.79. The van der Waals surface area contributed by atoms with Gasteiger partial charge in [-0.2, -0.15) is 0 Å². The van der Waals surface area contributed by atoms with Gasteiger partial charge in [-0.25, -0.2) is 4.79 Å². The van der Waals surface area contributed by atoms with Gasteiger partial charge in [-0.05, 0) is 25.3 Å². The van der Waals surface area contributed by atoms with Gasteiger partial charge in [-0.3, -0.25) is 4.90 Å². The molecule has 2 rings (SSSR count). The number of hydrogen-bond donors (Lipinski definition) is 0. The Balaban J connectivity index is 0.00000512. The molecule has 32 heavy (non-hydrogen) atoms. The van der Waals surface area contributed by atoms with Crippen LogP contribution in [0, 0.1) is 0 Å². The predicted molar refractivity (Wildman–Crippen MR) is 130 cm³/mol. The second-order valence-electron chi connectivity index (χ2n) is 9.34. The van der Waals surface area contributed by atoms with Crippen LogP contribution >= 0.6 is 0 Å². The Morgan fingerprint density at radius 1 is 0.844 bits per heavy atom. The van der Waals surface area contributed by atoms with Crippen molar-refractivity contribution in [1.82, 2.24) is 4.90 Å². The van der Waals surface area contributed by atoms with Crippen LogP contribution in [0.25, 0.3) is 0 Å². The highest BCUT2D eigenvalue weighted by Gasteiger charge is 2.34. The number of quaternary nitrogens is 1. The summed E-state index contributed by atoms with van der Waals surface area (Å²) < 4.78 is 6.38. The van der Waals surface area contributed by atoms with E-state index in [-0.39, 0.29) is 30.1 Å². The smallest absolute Gasteiger partial charge is 0.410 e. The van der Waals surface area contributed by atoms with Gasteiger partial charge in [0.25, 0.3) is 0 Å². The minimum absolute atomic E-state index is 0. The van der Waals surface area contributed by atoms with Gasteiger partial charge in [-0.15, -0.1) is 0 Å². The van der Waals surface area contributed by atoms with Crippen molar-refractivity contribution in [1.29, 1.82) is 0 Å². The zero-order valence-electron chi connectivity index (χ0n) is 20.7. The molecule has 1 heterocycles. The van der Waals surface area contributed by atoms with Crippen molar-refractivity contribution in [3.8, 4) is 0 Å². The zero-order valence-corrected chi connectivity index (χ0v) is 22.9. The average Bonchev–Trinajstić information content (AvgIpc) is 2.80. The number of carbonyl (C=O) groups is 1. The molecule has 1 fully saturated rings. The fraction of sp³-hybridized carbons (Fsp3) is 0.741. The molecule has 0 saturated carbocycles. The van der Waals surface area contributed by atoms with Crippen LogP contribution in [-0.4, -0.2) is 61.4 Å². The zero-order chi connectivity index (χ0) is 22.2. The van der Waals surface area contributed by atoms with Gasteiger partial charge in [0, 0.05) is 6.42 Å². The molecule has 0 aromatic heterocycles. The summed E-state index contributed by atoms with van der Waals surface area (Å²) in [5.41, 5.74) is 1.43. The van der Waals surface area contributed by atoms with Gasteiger partial charge in [0.2, 0.25) is 0 Å². The van der Waals surface area contributed by atoms with Crippen LogP contribution in [0.3, 0.4) is 0 Å². The van der Waals surface area contributed by atoms with Gasteiger partial charge in [0.05, 0.1) is 45.9 Å². The lowest BCUT2D eigenvalue weighted by atomic mass is 10.1. The molecule has 0 unspecified atom stereocenters. The van der Waals surface area contributed by atoms with Crippen LogP contribution in [-0.2, 0) is 11.2 Å². The summed E-state index contributed by atoms with van der Waals surface area (Å²) in [5.74, 6) is 0. The van der Waals surface area contributed by atoms with Gasteiger partial charge in [0.15, 0.2) is 0 Å². The Hall–Kier alpha value is -0.820. The molecule has 0 radical (unpaired) electrons. The highest BCUT2D eigenvalue weighted by atomic mass is 127. The van der Waals surface area contributed by atoms with Gasteiger partial charge in [0.1, 0.15) is 0 Å². The predicted octanol–water partition coefficient (Wildman–Crippen LogP) is 3.44. The van der Waals surface area contributed by atoms with Crippen molar-refractivity contribution < 1.29 is 38.0 Å². The molecule has 1 aliphatic rings. The minimum atomic E-state index is -0.137. The number of ether oxygens (including phenoxy) is 1. The van der Waals surface area contributed by atoms with Crippen LogP contribution in [0.1, 0.15) is 83.6 Å². The van der Waals surface area contributed by atoms with E-state index in [9.17, 15) is 4.79 Å². The number of rotatable bonds is 15. The summed E-state index contributed by atoms with van der Waals surface area (Å²) in [5, 5.41) is 0. The molecule has 4 nitrogen and oxygen atoms in total. The normalized spacial score (nSPS) is 15.2. The average molecular weight is 559 g/mol. The molecule has 1 aromatic carbocycles. The van der Waals surface area contributed by atoms with E-state index in [4.69, 9.17) is 4.74 Å². The van der Waals surface area contributed by atoms with E-state index >= 15 is 0 Å². The van der Waals surface area contributed by atoms with E-state index in [1.807, 2.05) is 11.8 Å². The maximum atomic E-state index is 12.1. The van der Waals surface area contributed by atoms with E-state index < -0.39 is 0 Å². The third kappa shape index (κ3) is 11.4. The topological polar surface area (TPSA) is 29.5 Å². The van der Waals surface area contributed by atoms with E-state index in [1.165, 1.54) is 82.9 Å². The third-order valence-corrected chi connectivity index (χ3v) is 6.92. The largest absolute Gasteiger partial charge is 1.00 e. The van der Waals surface area contributed by atoms with E-state index in [0.717, 1.165) is 37.1 Å². The maximum absolute atomic E-state index is 12.1. The number of nitrogens with zero attached hydrogens (tertiary/aromatic N) is 2. The lowest BCUT2D eigenvalue weighted by Gasteiger charge is -2.44. The number of halogens is 1. The Morgan fingerprint density at radius 2 is 1.41 bits per heavy atom. The first kappa shape index (κ1) is 29.2. The summed E-state index contributed by atoms with van der Waals surface area (Å²) in [4.78, 5) is 14.0. The lowest BCUT2D eigenvalue weighted by molar-refractivity contribution is -0.931. The number of amides is 1. The van der Waals surface area contributed by atoms with Gasteiger partial charge in [-0.1, -0.05) is 88.6 Å². The van der Waals surface area contributed by atoms with Crippen LogP contribution < -0.4 is 24.0 Å². The Labute approximate surface area is 214 Å². The van der Waals surface area contributed by atoms with Crippen molar-refractivity contribution in [2.45, 2.75) is 84.5 Å². The van der Waals surface area contributed by atoms with Crippen LogP contribution in [0.4, 0.5) is 4.79 Å². The van der Waals surface area contributed by atoms with E-state index in [0.29, 0.717) is 6.61 Å². The third-order valence-electron chi connectivity index (χ3n) is 6.92. The van der Waals surface area contributed by atoms with Crippen LogP contribution in [0.15, 0.2) is 30.3 Å². The molecule has 0 spiro atoms. The van der Waals surface area contributed by atoms with Crippen molar-refractivity contribution in [2.75, 3.05) is 45.9 Å². The molecule has 0 aliphatic carbocycles. The van der Waals surface area contributed by atoms with Crippen molar-refractivity contribution >= 4 is 6.09 Å². The number of carbonyl (C=O) groups excluding carboxylic acids is 1. The van der Waals surface area contributed by atoms with Gasteiger partial charge >= 0.3 is 6.09 Å². The summed E-state index contributed by atoms with van der Waals surface area (Å²) in [6.07, 6.45) is 14.8. The number of unbranched alkanes of at least 4 members (excludes halogenated alkanes) is 9. The summed E-state index contributed by atoms with van der Waals surface area (Å²) in [7, 11) is 0. The first-order valence-corrected chi connectivity index (χ1v) is 13.0. The maximum Gasteiger partial charge on any atom is 0.410 e. The molecule has 5 heteroatoms. The lowest BCUT2D eigenvalue weighted by Crippen LogP contribution is -3.00. The highest BCUT2D eigenvalue weighted by molar-refractivity contribution is 5.67. The SMILES string of the molecule is CCCCCCCCCCCC[N+]1(CCc2ccccc2)CCN(C(=O)OCC)CC1.[I-]. The van der Waals surface area contributed by atoms with E-state index in [2.05, 4.69) is 37.3 Å². The molecular formula is C27H47IN2O2. The van der Waals surface area contributed by atoms with Crippen molar-refractivity contribution in [3.63, 3.8) is 0 Å². The van der Waals surface area contributed by atoms with Crippen molar-refractivity contribution in [2.24, 2.45) is 0 Å². The van der Waals surface area contributed by atoms with Crippen LogP contribution in [0.2, 0.25) is 0 Å². The molecule has 0 bridgehead atoms. The Kier molecular flexibility index (Phi) is 16.1. The molecule has 0 N–H and O–H groups in total. The Bertz CT molecular complexity index is 589. The standard InChI is InChI=1S/C27H47N2O2.HI/c1-3-5-6-7-8-9-10-11-12-16-22-29(23-19-26-17-14-13-15-18-26)24-20-28(21-25-29)27(30)31-4-2;/h13-15,17-18H,3-12,16,19-25H2,1-2H3;1H/q+1;/p-1. The first-order chi connectivity index (χ1) is 15.2. The highest BCUT2D eigenvalue weighted by Crippen LogP contribution is 2.19. The molecule has 1 aromatic rings. The summed E-state index contributed by atoms with van der Waals surface area (Å²) in [6.45, 7) is 10.8. The summed E-state index contributed by atoms with van der Waals surface area (Å²) in [6, 6.07) is 10.9. The monoisotopic (exact) mass is 558 g/mol. The number of piperazine rings is 1. The van der Waals surface area contributed by atoms with Crippen molar-refractivity contribution in [3.05, 3.63) is 35.9 Å². The molecule has 1 aliphatic heterocycles. The van der Waals surface area contributed by atoms with Crippen LogP contribution in [0.5, 0.6) is 0 Å². The van der Waals surface area contributed by atoms with E-state index in [1.54, 1.807) is 0 Å². The minimum Gasteiger partial charge on any atom is -1.00 e. The first-order valence-electron chi connectivity index (χ1n) is 13.0. The quantitative estimate of drug-likeness (QED) is 0.188. The molecule has 1 amide bonds. The molecule has 1 saturated heterocycles. The number of hydrogen-bond acceptors (Lipinski definition) is 2. The fourth-order valence-corrected chi connectivity index (χ4v) is 4.79. The Morgan fingerprint density at radius 3 is 1.97 bits per heavy atom. The molecule has 0 atom stereocenters. The molecule has 184 valence electrons. The molecular weight excluding hydrogens is 511 g/mol. The summed E-state index contributed by atoms with van der Waals surface area (Å²) >= 11 is 0.